The molecule has 1 heterocycles. The lowest BCUT2D eigenvalue weighted by molar-refractivity contribution is 0.622. The molecule has 0 atom stereocenters. The van der Waals surface area contributed by atoms with Crippen molar-refractivity contribution in [3.05, 3.63) is 45.7 Å². The molecule has 1 aromatic carbocycles. The van der Waals surface area contributed by atoms with Crippen molar-refractivity contribution in [2.75, 3.05) is 5.32 Å². The fraction of sp³-hybridized carbons (Fsp3) is 0.357. The molecule has 0 saturated heterocycles. The molecule has 0 fully saturated rings. The van der Waals surface area contributed by atoms with Gasteiger partial charge in [0.15, 0.2) is 0 Å². The maximum atomic E-state index is 5.94. The third kappa shape index (κ3) is 3.12. The summed E-state index contributed by atoms with van der Waals surface area (Å²) in [6.07, 6.45) is 0. The standard InChI is InChI=1S/C14H17BrClN3/c1-3-19-13(14(15)10(2)18-19)9-17-12-7-5-4-6-11(12)8-16/h4-7,17H,3,8-9H2,1-2H3. The van der Waals surface area contributed by atoms with Crippen molar-refractivity contribution in [2.45, 2.75) is 32.8 Å². The van der Waals surface area contributed by atoms with E-state index in [0.29, 0.717) is 5.88 Å². The number of hydrogen-bond acceptors (Lipinski definition) is 2. The number of rotatable bonds is 5. The first-order chi connectivity index (χ1) is 9.17. The predicted octanol–water partition coefficient (Wildman–Crippen LogP) is 4.32. The molecule has 0 amide bonds. The first kappa shape index (κ1) is 14.4. The Balaban J connectivity index is 2.19. The number of hydrogen-bond donors (Lipinski definition) is 1. The zero-order valence-corrected chi connectivity index (χ0v) is 13.4. The minimum atomic E-state index is 0.510. The van der Waals surface area contributed by atoms with E-state index in [9.17, 15) is 0 Å². The normalized spacial score (nSPS) is 10.7. The van der Waals surface area contributed by atoms with E-state index in [-0.39, 0.29) is 0 Å². The minimum absolute atomic E-state index is 0.510. The van der Waals surface area contributed by atoms with Crippen LogP contribution in [0, 0.1) is 6.92 Å². The Morgan fingerprint density at radius 2 is 2.11 bits per heavy atom. The number of para-hydroxylation sites is 1. The van der Waals surface area contributed by atoms with E-state index < -0.39 is 0 Å². The number of benzene rings is 1. The molecule has 0 aliphatic carbocycles. The zero-order chi connectivity index (χ0) is 13.8. The van der Waals surface area contributed by atoms with Crippen molar-refractivity contribution in [1.82, 2.24) is 9.78 Å². The van der Waals surface area contributed by atoms with Gasteiger partial charge < -0.3 is 5.32 Å². The molecule has 0 saturated carbocycles. The van der Waals surface area contributed by atoms with E-state index in [1.807, 2.05) is 35.9 Å². The second kappa shape index (κ2) is 6.44. The van der Waals surface area contributed by atoms with Crippen LogP contribution in [0.2, 0.25) is 0 Å². The van der Waals surface area contributed by atoms with Crippen molar-refractivity contribution in [3.8, 4) is 0 Å². The second-order valence-electron chi connectivity index (χ2n) is 4.31. The van der Waals surface area contributed by atoms with Crippen LogP contribution < -0.4 is 5.32 Å². The van der Waals surface area contributed by atoms with Crippen molar-refractivity contribution < 1.29 is 0 Å². The Labute approximate surface area is 127 Å². The summed E-state index contributed by atoms with van der Waals surface area (Å²) in [6, 6.07) is 8.09. The van der Waals surface area contributed by atoms with Crippen molar-refractivity contribution >= 4 is 33.2 Å². The summed E-state index contributed by atoms with van der Waals surface area (Å²) >= 11 is 9.54. The molecular weight excluding hydrogens is 326 g/mol. The molecule has 0 radical (unpaired) electrons. The minimum Gasteiger partial charge on any atom is -0.379 e. The summed E-state index contributed by atoms with van der Waals surface area (Å²) in [4.78, 5) is 0. The maximum absolute atomic E-state index is 5.94. The van der Waals surface area contributed by atoms with Crippen LogP contribution in [0.1, 0.15) is 23.9 Å². The van der Waals surface area contributed by atoms with Crippen LogP contribution in [0.25, 0.3) is 0 Å². The smallest absolute Gasteiger partial charge is 0.0739 e. The molecule has 19 heavy (non-hydrogen) atoms. The lowest BCUT2D eigenvalue weighted by Crippen LogP contribution is -2.09. The van der Waals surface area contributed by atoms with E-state index in [0.717, 1.165) is 40.2 Å². The van der Waals surface area contributed by atoms with Gasteiger partial charge in [0, 0.05) is 18.1 Å². The highest BCUT2D eigenvalue weighted by Crippen LogP contribution is 2.23. The molecule has 0 spiro atoms. The lowest BCUT2D eigenvalue weighted by Gasteiger charge is -2.11. The third-order valence-electron chi connectivity index (χ3n) is 3.06. The van der Waals surface area contributed by atoms with Crippen LogP contribution in [0.4, 0.5) is 5.69 Å². The number of nitrogens with one attached hydrogen (secondary N) is 1. The van der Waals surface area contributed by atoms with Crippen LogP contribution in [-0.2, 0) is 19.0 Å². The topological polar surface area (TPSA) is 29.9 Å². The highest BCUT2D eigenvalue weighted by atomic mass is 79.9. The van der Waals surface area contributed by atoms with E-state index in [1.54, 1.807) is 0 Å². The summed E-state index contributed by atoms with van der Waals surface area (Å²) in [5.74, 6) is 0.510. The van der Waals surface area contributed by atoms with E-state index in [4.69, 9.17) is 11.6 Å². The summed E-state index contributed by atoms with van der Waals surface area (Å²) in [5, 5.41) is 7.92. The predicted molar refractivity (Wildman–Crippen MR) is 83.7 cm³/mol. The van der Waals surface area contributed by atoms with Gasteiger partial charge in [-0.15, -0.1) is 11.6 Å². The van der Waals surface area contributed by atoms with Gasteiger partial charge in [-0.2, -0.15) is 5.10 Å². The van der Waals surface area contributed by atoms with Gasteiger partial charge in [0.2, 0.25) is 0 Å². The van der Waals surface area contributed by atoms with Gasteiger partial charge in [0.25, 0.3) is 0 Å². The molecule has 102 valence electrons. The molecule has 0 aliphatic rings. The number of halogens is 2. The van der Waals surface area contributed by atoms with Crippen LogP contribution in [0.15, 0.2) is 28.7 Å². The van der Waals surface area contributed by atoms with Gasteiger partial charge in [0.1, 0.15) is 0 Å². The monoisotopic (exact) mass is 341 g/mol. The van der Waals surface area contributed by atoms with Crippen LogP contribution in [0.5, 0.6) is 0 Å². The molecule has 0 bridgehead atoms. The fourth-order valence-corrected chi connectivity index (χ4v) is 2.68. The average Bonchev–Trinajstić information content (AvgIpc) is 2.72. The Kier molecular flexibility index (Phi) is 4.88. The van der Waals surface area contributed by atoms with Gasteiger partial charge in [-0.3, -0.25) is 4.68 Å². The summed E-state index contributed by atoms with van der Waals surface area (Å²) < 4.78 is 3.08. The van der Waals surface area contributed by atoms with Gasteiger partial charge in [-0.05, 0) is 41.4 Å². The average molecular weight is 343 g/mol. The van der Waals surface area contributed by atoms with Gasteiger partial charge >= 0.3 is 0 Å². The number of anilines is 1. The Morgan fingerprint density at radius 3 is 2.79 bits per heavy atom. The van der Waals surface area contributed by atoms with E-state index >= 15 is 0 Å². The summed E-state index contributed by atoms with van der Waals surface area (Å²) in [6.45, 7) is 5.69. The number of aryl methyl sites for hydroxylation is 2. The van der Waals surface area contributed by atoms with Crippen LogP contribution in [0.3, 0.4) is 0 Å². The quantitative estimate of drug-likeness (QED) is 0.820. The molecular formula is C14H17BrClN3. The Bertz CT molecular complexity index is 566. The molecule has 0 unspecified atom stereocenters. The highest BCUT2D eigenvalue weighted by Gasteiger charge is 2.12. The molecule has 1 aromatic heterocycles. The Hall–Kier alpha value is -1.00. The van der Waals surface area contributed by atoms with Crippen LogP contribution in [-0.4, -0.2) is 9.78 Å². The largest absolute Gasteiger partial charge is 0.379 e. The van der Waals surface area contributed by atoms with E-state index in [1.165, 1.54) is 0 Å². The first-order valence-electron chi connectivity index (χ1n) is 6.26. The maximum Gasteiger partial charge on any atom is 0.0739 e. The van der Waals surface area contributed by atoms with Gasteiger partial charge in [-0.25, -0.2) is 0 Å². The Morgan fingerprint density at radius 1 is 1.37 bits per heavy atom. The van der Waals surface area contributed by atoms with Gasteiger partial charge in [0.05, 0.1) is 22.4 Å². The first-order valence-corrected chi connectivity index (χ1v) is 7.59. The highest BCUT2D eigenvalue weighted by molar-refractivity contribution is 9.10. The zero-order valence-electron chi connectivity index (χ0n) is 11.1. The molecule has 2 rings (SSSR count). The van der Waals surface area contributed by atoms with Crippen LogP contribution >= 0.6 is 27.5 Å². The number of nitrogens with zero attached hydrogens (tertiary/aromatic N) is 2. The lowest BCUT2D eigenvalue weighted by atomic mass is 10.2. The number of aromatic nitrogens is 2. The molecule has 2 aromatic rings. The summed E-state index contributed by atoms with van der Waals surface area (Å²) in [5.41, 5.74) is 4.36. The number of alkyl halides is 1. The molecule has 3 nitrogen and oxygen atoms in total. The van der Waals surface area contributed by atoms with Crippen molar-refractivity contribution in [3.63, 3.8) is 0 Å². The van der Waals surface area contributed by atoms with Crippen molar-refractivity contribution in [1.29, 1.82) is 0 Å². The molecule has 1 N–H and O–H groups in total. The molecule has 5 heteroatoms. The SMILES string of the molecule is CCn1nc(C)c(Br)c1CNc1ccccc1CCl. The third-order valence-corrected chi connectivity index (χ3v) is 4.38. The summed E-state index contributed by atoms with van der Waals surface area (Å²) in [7, 11) is 0. The van der Waals surface area contributed by atoms with Gasteiger partial charge in [-0.1, -0.05) is 18.2 Å². The van der Waals surface area contributed by atoms with Crippen molar-refractivity contribution in [2.24, 2.45) is 0 Å². The second-order valence-corrected chi connectivity index (χ2v) is 5.37. The fourth-order valence-electron chi connectivity index (χ4n) is 2.03. The molecule has 0 aliphatic heterocycles. The van der Waals surface area contributed by atoms with E-state index in [2.05, 4.69) is 33.3 Å².